The second kappa shape index (κ2) is 6.33. The molecular weight excluding hydrogens is 326 g/mol. The molecule has 2 heterocycles. The highest BCUT2D eigenvalue weighted by Crippen LogP contribution is 2.35. The highest BCUT2D eigenvalue weighted by atomic mass is 16.5. The molecule has 5 heteroatoms. The minimum atomic E-state index is 0.757. The van der Waals surface area contributed by atoms with Gasteiger partial charge >= 0.3 is 0 Å². The third-order valence-corrected chi connectivity index (χ3v) is 4.74. The molecule has 0 radical (unpaired) electrons. The molecule has 0 amide bonds. The van der Waals surface area contributed by atoms with Gasteiger partial charge in [-0.2, -0.15) is 0 Å². The van der Waals surface area contributed by atoms with E-state index in [2.05, 4.69) is 40.1 Å². The van der Waals surface area contributed by atoms with Crippen LogP contribution >= 0.6 is 0 Å². The molecule has 0 saturated carbocycles. The number of ether oxygens (including phenoxy) is 1. The molecule has 2 aromatic heterocycles. The molecule has 5 nitrogen and oxygen atoms in total. The van der Waals surface area contributed by atoms with Crippen molar-refractivity contribution in [2.45, 2.75) is 27.3 Å². The molecule has 0 N–H and O–H groups in total. The molecule has 0 aliphatic rings. The first kappa shape index (κ1) is 16.4. The average molecular weight is 347 g/mol. The lowest BCUT2D eigenvalue weighted by atomic mass is 10.0. The lowest BCUT2D eigenvalue weighted by Gasteiger charge is -2.10. The number of rotatable bonds is 4. The highest BCUT2D eigenvalue weighted by molar-refractivity contribution is 5.89. The van der Waals surface area contributed by atoms with Crippen LogP contribution in [0.3, 0.4) is 0 Å². The molecule has 0 bridgehead atoms. The molecule has 0 aliphatic carbocycles. The minimum Gasteiger partial charge on any atom is -0.494 e. The van der Waals surface area contributed by atoms with Gasteiger partial charge in [0.1, 0.15) is 22.9 Å². The van der Waals surface area contributed by atoms with Gasteiger partial charge in [0.05, 0.1) is 18.3 Å². The van der Waals surface area contributed by atoms with Gasteiger partial charge in [-0.05, 0) is 44.0 Å². The van der Waals surface area contributed by atoms with Crippen molar-refractivity contribution in [3.05, 3.63) is 65.3 Å². The Bertz CT molecular complexity index is 1060. The summed E-state index contributed by atoms with van der Waals surface area (Å²) in [5.41, 5.74) is 6.05. The zero-order chi connectivity index (χ0) is 18.3. The van der Waals surface area contributed by atoms with E-state index in [9.17, 15) is 0 Å². The summed E-state index contributed by atoms with van der Waals surface area (Å²) in [7, 11) is 1.68. The zero-order valence-corrected chi connectivity index (χ0v) is 15.4. The molecule has 26 heavy (non-hydrogen) atoms. The Morgan fingerprint density at radius 1 is 1.08 bits per heavy atom. The molecule has 0 spiro atoms. The van der Waals surface area contributed by atoms with E-state index in [-0.39, 0.29) is 0 Å². The third-order valence-electron chi connectivity index (χ3n) is 4.74. The van der Waals surface area contributed by atoms with E-state index in [4.69, 9.17) is 14.2 Å². The number of imidazole rings is 1. The van der Waals surface area contributed by atoms with Gasteiger partial charge in [-0.15, -0.1) is 0 Å². The number of hydrogen-bond acceptors (Lipinski definition) is 4. The number of nitrogens with zero attached hydrogens (tertiary/aromatic N) is 3. The van der Waals surface area contributed by atoms with Gasteiger partial charge in [-0.3, -0.25) is 0 Å². The van der Waals surface area contributed by atoms with Crippen LogP contribution in [0.5, 0.6) is 5.75 Å². The van der Waals surface area contributed by atoms with E-state index in [1.165, 1.54) is 5.56 Å². The van der Waals surface area contributed by atoms with Crippen molar-refractivity contribution in [3.63, 3.8) is 0 Å². The summed E-state index contributed by atoms with van der Waals surface area (Å²) in [4.78, 5) is 4.75. The molecule has 0 fully saturated rings. The lowest BCUT2D eigenvalue weighted by molar-refractivity contribution is 0.393. The molecule has 0 atom stereocenters. The largest absolute Gasteiger partial charge is 0.494 e. The van der Waals surface area contributed by atoms with Crippen molar-refractivity contribution in [3.8, 4) is 16.9 Å². The Labute approximate surface area is 152 Å². The molecule has 2 aromatic carbocycles. The minimum absolute atomic E-state index is 0.757. The number of benzene rings is 2. The first-order valence-corrected chi connectivity index (χ1v) is 8.60. The maximum absolute atomic E-state index is 5.64. The molecule has 132 valence electrons. The van der Waals surface area contributed by atoms with Crippen LogP contribution in [0.4, 0.5) is 0 Å². The monoisotopic (exact) mass is 347 g/mol. The van der Waals surface area contributed by atoms with E-state index >= 15 is 0 Å². The Morgan fingerprint density at radius 2 is 1.85 bits per heavy atom. The van der Waals surface area contributed by atoms with E-state index in [1.807, 2.05) is 32.9 Å². The Balaban J connectivity index is 1.93. The van der Waals surface area contributed by atoms with Crippen LogP contribution in [0, 0.1) is 20.8 Å². The highest BCUT2D eigenvalue weighted by Gasteiger charge is 2.18. The number of aromatic nitrogens is 3. The number of hydrogen-bond donors (Lipinski definition) is 0. The van der Waals surface area contributed by atoms with Crippen LogP contribution in [0.2, 0.25) is 0 Å². The Kier molecular flexibility index (Phi) is 3.99. The van der Waals surface area contributed by atoms with Crippen LogP contribution in [0.15, 0.2) is 47.0 Å². The van der Waals surface area contributed by atoms with E-state index in [0.717, 1.165) is 51.7 Å². The summed E-state index contributed by atoms with van der Waals surface area (Å²) in [6, 6.07) is 14.5. The third kappa shape index (κ3) is 2.65. The van der Waals surface area contributed by atoms with Gasteiger partial charge in [0.25, 0.3) is 0 Å². The average Bonchev–Trinajstić information content (AvgIpc) is 3.14. The van der Waals surface area contributed by atoms with Crippen LogP contribution in [0.25, 0.3) is 22.2 Å². The van der Waals surface area contributed by atoms with Crippen LogP contribution in [-0.4, -0.2) is 21.8 Å². The topological polar surface area (TPSA) is 53.1 Å². The predicted molar refractivity (Wildman–Crippen MR) is 102 cm³/mol. The van der Waals surface area contributed by atoms with Crippen LogP contribution in [-0.2, 0) is 6.54 Å². The second-order valence-electron chi connectivity index (χ2n) is 6.48. The number of methoxy groups -OCH3 is 1. The SMILES string of the molecule is COc1cc(-c2c(C)noc2C)cc2c1nc(C)n2Cc1ccccc1. The Morgan fingerprint density at radius 3 is 2.50 bits per heavy atom. The predicted octanol–water partition coefficient (Wildman–Crippen LogP) is 4.67. The number of aryl methyl sites for hydroxylation is 3. The standard InChI is InChI=1S/C21H21N3O2/c1-13-20(14(2)26-23-13)17-10-18-21(19(11-17)25-4)22-15(3)24(18)12-16-8-6-5-7-9-16/h5-11H,12H2,1-4H3. The second-order valence-corrected chi connectivity index (χ2v) is 6.48. The van der Waals surface area contributed by atoms with Gasteiger partial charge < -0.3 is 13.8 Å². The van der Waals surface area contributed by atoms with Gasteiger partial charge in [-0.25, -0.2) is 4.98 Å². The van der Waals surface area contributed by atoms with Gasteiger partial charge in [0.15, 0.2) is 0 Å². The quantitative estimate of drug-likeness (QED) is 0.538. The van der Waals surface area contributed by atoms with Gasteiger partial charge in [0, 0.05) is 12.1 Å². The summed E-state index contributed by atoms with van der Waals surface area (Å²) in [6.45, 7) is 6.67. The fourth-order valence-corrected chi connectivity index (χ4v) is 3.47. The van der Waals surface area contributed by atoms with Crippen molar-refractivity contribution in [2.24, 2.45) is 0 Å². The van der Waals surface area contributed by atoms with Gasteiger partial charge in [0.2, 0.25) is 0 Å². The maximum atomic E-state index is 5.64. The lowest BCUT2D eigenvalue weighted by Crippen LogP contribution is -2.02. The molecule has 0 aliphatic heterocycles. The summed E-state index contributed by atoms with van der Waals surface area (Å²) in [5.74, 6) is 2.51. The van der Waals surface area contributed by atoms with E-state index in [1.54, 1.807) is 7.11 Å². The normalized spacial score (nSPS) is 11.2. The molecule has 0 unspecified atom stereocenters. The van der Waals surface area contributed by atoms with Crippen molar-refractivity contribution < 1.29 is 9.26 Å². The maximum Gasteiger partial charge on any atom is 0.147 e. The molecule has 4 aromatic rings. The zero-order valence-electron chi connectivity index (χ0n) is 15.4. The molecule has 4 rings (SSSR count). The fourth-order valence-electron chi connectivity index (χ4n) is 3.47. The smallest absolute Gasteiger partial charge is 0.147 e. The molecule has 0 saturated heterocycles. The summed E-state index contributed by atoms with van der Waals surface area (Å²) in [5, 5.41) is 4.09. The van der Waals surface area contributed by atoms with Crippen LogP contribution in [0.1, 0.15) is 22.8 Å². The molecular formula is C21H21N3O2. The Hall–Kier alpha value is -3.08. The first-order chi connectivity index (χ1) is 12.6. The number of fused-ring (bicyclic) bond motifs is 1. The van der Waals surface area contributed by atoms with E-state index < -0.39 is 0 Å². The van der Waals surface area contributed by atoms with Crippen LogP contribution < -0.4 is 4.74 Å². The van der Waals surface area contributed by atoms with Crippen molar-refractivity contribution in [1.29, 1.82) is 0 Å². The van der Waals surface area contributed by atoms with Gasteiger partial charge in [-0.1, -0.05) is 35.5 Å². The summed E-state index contributed by atoms with van der Waals surface area (Å²) < 4.78 is 13.2. The van der Waals surface area contributed by atoms with Crippen molar-refractivity contribution in [2.75, 3.05) is 7.11 Å². The van der Waals surface area contributed by atoms with Crippen molar-refractivity contribution >= 4 is 11.0 Å². The summed E-state index contributed by atoms with van der Waals surface area (Å²) >= 11 is 0. The first-order valence-electron chi connectivity index (χ1n) is 8.60. The summed E-state index contributed by atoms with van der Waals surface area (Å²) in [6.07, 6.45) is 0. The fraction of sp³-hybridized carbons (Fsp3) is 0.238. The van der Waals surface area contributed by atoms with E-state index in [0.29, 0.717) is 0 Å². The van der Waals surface area contributed by atoms with Crippen molar-refractivity contribution in [1.82, 2.24) is 14.7 Å².